The molecule has 1 heterocycles. The van der Waals surface area contributed by atoms with Gasteiger partial charge in [-0.1, -0.05) is 20.8 Å². The van der Waals surface area contributed by atoms with Gasteiger partial charge in [-0.2, -0.15) is 0 Å². The molecule has 1 fully saturated rings. The van der Waals surface area contributed by atoms with Crippen molar-refractivity contribution in [3.05, 3.63) is 0 Å². The van der Waals surface area contributed by atoms with Crippen LogP contribution in [0.15, 0.2) is 0 Å². The van der Waals surface area contributed by atoms with E-state index >= 15 is 0 Å². The summed E-state index contributed by atoms with van der Waals surface area (Å²) in [4.78, 5) is 0. The summed E-state index contributed by atoms with van der Waals surface area (Å²) in [5, 5.41) is 3.27. The van der Waals surface area contributed by atoms with Crippen molar-refractivity contribution in [3.8, 4) is 0 Å². The Bertz CT molecular complexity index is 42.5. The molecule has 10 heavy (non-hydrogen) atoms. The molecule has 1 unspecified atom stereocenters. The van der Waals surface area contributed by atoms with E-state index in [9.17, 15) is 4.39 Å². The molecular formula is C8H20FN. The Balaban J connectivity index is 0. The fourth-order valence-corrected chi connectivity index (χ4v) is 0.799. The number of hydrogen-bond donors (Lipinski definition) is 1. The zero-order valence-corrected chi connectivity index (χ0v) is 7.58. The highest BCUT2D eigenvalue weighted by atomic mass is 19.1. The predicted octanol–water partition coefficient (Wildman–Crippen LogP) is 2.23. The maximum absolute atomic E-state index is 9.50. The van der Waals surface area contributed by atoms with Gasteiger partial charge in [0.05, 0.1) is 7.18 Å². The van der Waals surface area contributed by atoms with Crippen molar-refractivity contribution in [1.29, 1.82) is 0 Å². The van der Waals surface area contributed by atoms with Crippen molar-refractivity contribution < 1.29 is 4.39 Å². The van der Waals surface area contributed by atoms with Gasteiger partial charge in [-0.25, -0.2) is 0 Å². The van der Waals surface area contributed by atoms with E-state index < -0.39 is 0 Å². The molecule has 1 rings (SSSR count). The van der Waals surface area contributed by atoms with E-state index in [1.165, 1.54) is 19.5 Å². The van der Waals surface area contributed by atoms with Crippen LogP contribution in [0.25, 0.3) is 0 Å². The van der Waals surface area contributed by atoms with E-state index in [1.807, 2.05) is 13.8 Å². The van der Waals surface area contributed by atoms with Gasteiger partial charge in [-0.3, -0.25) is 4.39 Å². The molecule has 0 radical (unpaired) electrons. The summed E-state index contributed by atoms with van der Waals surface area (Å²) in [6.07, 6.45) is 1.38. The summed E-state index contributed by atoms with van der Waals surface area (Å²) in [6, 6.07) is 0. The second kappa shape index (κ2) is 11.7. The number of nitrogens with one attached hydrogen (secondary N) is 1. The molecule has 0 aromatic heterocycles. The van der Waals surface area contributed by atoms with Crippen molar-refractivity contribution in [2.75, 3.05) is 20.3 Å². The van der Waals surface area contributed by atoms with Crippen LogP contribution >= 0.6 is 0 Å². The third-order valence-corrected chi connectivity index (χ3v) is 1.31. The lowest BCUT2D eigenvalue weighted by molar-refractivity contribution is 0.636. The quantitative estimate of drug-likeness (QED) is 0.557. The van der Waals surface area contributed by atoms with Gasteiger partial charge < -0.3 is 5.32 Å². The molecule has 0 amide bonds. The smallest absolute Gasteiger partial charge is 0.0785 e. The molecule has 0 aromatic carbocycles. The fraction of sp³-hybridized carbons (Fsp3) is 1.00. The largest absolute Gasteiger partial charge is 0.316 e. The third-order valence-electron chi connectivity index (χ3n) is 1.31. The van der Waals surface area contributed by atoms with E-state index in [4.69, 9.17) is 0 Å². The molecule has 0 bridgehead atoms. The van der Waals surface area contributed by atoms with Gasteiger partial charge in [0.1, 0.15) is 0 Å². The lowest BCUT2D eigenvalue weighted by Gasteiger charge is -1.90. The van der Waals surface area contributed by atoms with Gasteiger partial charge in [0.25, 0.3) is 0 Å². The van der Waals surface area contributed by atoms with Crippen LogP contribution in [0, 0.1) is 5.92 Å². The average molecular weight is 149 g/mol. The van der Waals surface area contributed by atoms with E-state index in [0.29, 0.717) is 7.18 Å². The lowest BCUT2D eigenvalue weighted by Crippen LogP contribution is -2.06. The fourth-order valence-electron chi connectivity index (χ4n) is 0.799. The van der Waals surface area contributed by atoms with Crippen molar-refractivity contribution in [1.82, 2.24) is 5.32 Å². The van der Waals surface area contributed by atoms with Crippen LogP contribution in [0.1, 0.15) is 27.2 Å². The highest BCUT2D eigenvalue weighted by molar-refractivity contribution is 4.65. The Morgan fingerprint density at radius 1 is 1.30 bits per heavy atom. The number of hydrogen-bond acceptors (Lipinski definition) is 1. The maximum Gasteiger partial charge on any atom is 0.0785 e. The molecule has 64 valence electrons. The summed E-state index contributed by atoms with van der Waals surface area (Å²) in [6.45, 7) is 8.75. The van der Waals surface area contributed by atoms with E-state index in [2.05, 4.69) is 12.2 Å². The van der Waals surface area contributed by atoms with Crippen molar-refractivity contribution in [3.63, 3.8) is 0 Å². The van der Waals surface area contributed by atoms with Crippen molar-refractivity contribution >= 4 is 0 Å². The Morgan fingerprint density at radius 2 is 1.80 bits per heavy atom. The molecule has 2 heteroatoms. The van der Waals surface area contributed by atoms with Gasteiger partial charge in [0.15, 0.2) is 0 Å². The first-order chi connectivity index (χ1) is 4.89. The second-order valence-electron chi connectivity index (χ2n) is 2.10. The summed E-state index contributed by atoms with van der Waals surface area (Å²) < 4.78 is 9.50. The molecule has 0 aromatic rings. The van der Waals surface area contributed by atoms with Crippen LogP contribution in [0.4, 0.5) is 4.39 Å². The molecule has 0 saturated carbocycles. The van der Waals surface area contributed by atoms with E-state index in [1.54, 1.807) is 0 Å². The number of alkyl halides is 1. The van der Waals surface area contributed by atoms with Crippen molar-refractivity contribution in [2.24, 2.45) is 5.92 Å². The minimum absolute atomic E-state index is 0.500. The molecule has 0 spiro atoms. The van der Waals surface area contributed by atoms with Gasteiger partial charge in [0, 0.05) is 0 Å². The highest BCUT2D eigenvalue weighted by Crippen LogP contribution is 2.03. The van der Waals surface area contributed by atoms with Crippen LogP contribution in [-0.4, -0.2) is 20.3 Å². The molecule has 1 nitrogen and oxygen atoms in total. The average Bonchev–Trinajstić information content (AvgIpc) is 2.48. The molecule has 1 N–H and O–H groups in total. The SMILES string of the molecule is CC.CC1CCNC1.CF. The highest BCUT2D eigenvalue weighted by Gasteiger charge is 2.06. The Kier molecular flexibility index (Phi) is 14.6. The number of halogens is 1. The zero-order valence-electron chi connectivity index (χ0n) is 7.58. The first-order valence-corrected chi connectivity index (χ1v) is 3.98. The third kappa shape index (κ3) is 7.89. The zero-order chi connectivity index (χ0) is 8.41. The van der Waals surface area contributed by atoms with Crippen molar-refractivity contribution in [2.45, 2.75) is 27.2 Å². The van der Waals surface area contributed by atoms with E-state index in [0.717, 1.165) is 5.92 Å². The van der Waals surface area contributed by atoms with E-state index in [-0.39, 0.29) is 0 Å². The summed E-state index contributed by atoms with van der Waals surface area (Å²) in [5.74, 6) is 0.935. The normalized spacial score (nSPS) is 21.9. The molecular weight excluding hydrogens is 129 g/mol. The first kappa shape index (κ1) is 12.6. The van der Waals surface area contributed by atoms with Crippen LogP contribution < -0.4 is 5.32 Å². The van der Waals surface area contributed by atoms with Gasteiger partial charge in [0.2, 0.25) is 0 Å². The van der Waals surface area contributed by atoms with Crippen LogP contribution in [0.2, 0.25) is 0 Å². The van der Waals surface area contributed by atoms with Crippen LogP contribution in [0.5, 0.6) is 0 Å². The maximum atomic E-state index is 9.50. The molecule has 1 atom stereocenters. The molecule has 1 aliphatic rings. The lowest BCUT2D eigenvalue weighted by atomic mass is 10.2. The Hall–Kier alpha value is -0.110. The standard InChI is InChI=1S/C5H11N.C2H6.CH3F/c1-5-2-3-6-4-5;2*1-2/h5-6H,2-4H2,1H3;1-2H3;1H3. The predicted molar refractivity (Wildman–Crippen MR) is 45.0 cm³/mol. The van der Waals surface area contributed by atoms with Gasteiger partial charge >= 0.3 is 0 Å². The second-order valence-corrected chi connectivity index (χ2v) is 2.10. The summed E-state index contributed by atoms with van der Waals surface area (Å²) in [7, 11) is 0.500. The Labute approximate surface area is 64.0 Å². The summed E-state index contributed by atoms with van der Waals surface area (Å²) in [5.41, 5.74) is 0. The molecule has 1 aliphatic heterocycles. The Morgan fingerprint density at radius 3 is 1.90 bits per heavy atom. The van der Waals surface area contributed by atoms with Crippen LogP contribution in [0.3, 0.4) is 0 Å². The topological polar surface area (TPSA) is 12.0 Å². The first-order valence-electron chi connectivity index (χ1n) is 3.98. The van der Waals surface area contributed by atoms with Gasteiger partial charge in [-0.15, -0.1) is 0 Å². The monoisotopic (exact) mass is 149 g/mol. The number of rotatable bonds is 0. The minimum atomic E-state index is 0.500. The molecule has 0 aliphatic carbocycles. The molecule has 1 saturated heterocycles. The van der Waals surface area contributed by atoms with Crippen LogP contribution in [-0.2, 0) is 0 Å². The summed E-state index contributed by atoms with van der Waals surface area (Å²) >= 11 is 0. The van der Waals surface area contributed by atoms with Gasteiger partial charge in [-0.05, 0) is 25.4 Å². The minimum Gasteiger partial charge on any atom is -0.316 e.